The molecule has 0 aliphatic heterocycles. The number of aliphatic hydroxyl groups excluding tert-OH is 2. The molecule has 0 aromatic carbocycles. The lowest BCUT2D eigenvalue weighted by molar-refractivity contribution is -0.135. The summed E-state index contributed by atoms with van der Waals surface area (Å²) in [5, 5.41) is 32.0. The number of hydrogen-bond acceptors (Lipinski definition) is 7. The second-order valence-electron chi connectivity index (χ2n) is 3.75. The summed E-state index contributed by atoms with van der Waals surface area (Å²) in [6.45, 7) is 1.87. The number of carbonyl (C=O) groups excluding carboxylic acids is 1. The monoisotopic (exact) mass is 310 g/mol. The molecule has 0 aliphatic rings. The molecule has 0 heterocycles. The molecule has 0 unspecified atom stereocenters. The van der Waals surface area contributed by atoms with Gasteiger partial charge in [-0.2, -0.15) is 0 Å². The number of hydrogen-bond donors (Lipinski definition) is 7. The van der Waals surface area contributed by atoms with E-state index >= 15 is 0 Å². The summed E-state index contributed by atoms with van der Waals surface area (Å²) in [7, 11) is 3.31. The van der Waals surface area contributed by atoms with Crippen molar-refractivity contribution in [1.29, 1.82) is 0 Å². The van der Waals surface area contributed by atoms with Crippen LogP contribution in [0.4, 0.5) is 0 Å². The van der Waals surface area contributed by atoms with Crippen LogP contribution in [0, 0.1) is 0 Å². The normalized spacial score (nSPS) is 8.81. The van der Waals surface area contributed by atoms with Gasteiger partial charge in [-0.05, 0) is 33.5 Å². The van der Waals surface area contributed by atoms with Gasteiger partial charge >= 0.3 is 5.97 Å². The standard InChI is InChI=1S/C6H14N2O2.C3H7NO2.C3H9NO/c1-7-5-6(10)8-3-2-4-9;1-4-2-3(5)6;4-2-1-3-5/h7,9H,2-5H2,1H3,(H,8,10);4H,2H2,1H3,(H,5,6);5H,1-4H2. The van der Waals surface area contributed by atoms with E-state index in [2.05, 4.69) is 16.0 Å². The van der Waals surface area contributed by atoms with Crippen LogP contribution >= 0.6 is 0 Å². The molecular weight excluding hydrogens is 280 g/mol. The van der Waals surface area contributed by atoms with E-state index in [1.165, 1.54) is 0 Å². The van der Waals surface area contributed by atoms with Gasteiger partial charge in [-0.3, -0.25) is 9.59 Å². The van der Waals surface area contributed by atoms with Crippen molar-refractivity contribution in [3.8, 4) is 0 Å². The molecule has 0 aromatic heterocycles. The first kappa shape index (κ1) is 24.7. The van der Waals surface area contributed by atoms with Gasteiger partial charge in [-0.1, -0.05) is 0 Å². The van der Waals surface area contributed by atoms with E-state index in [0.717, 1.165) is 6.42 Å². The van der Waals surface area contributed by atoms with Crippen LogP contribution in [-0.2, 0) is 9.59 Å². The topological polar surface area (TPSA) is 157 Å². The van der Waals surface area contributed by atoms with Crippen molar-refractivity contribution < 1.29 is 24.9 Å². The third-order valence-corrected chi connectivity index (χ3v) is 1.68. The fraction of sp³-hybridized carbons (Fsp3) is 0.833. The van der Waals surface area contributed by atoms with Crippen LogP contribution in [0.5, 0.6) is 0 Å². The van der Waals surface area contributed by atoms with Gasteiger partial charge in [0.25, 0.3) is 0 Å². The third-order valence-electron chi connectivity index (χ3n) is 1.68. The minimum absolute atomic E-state index is 0.0315. The summed E-state index contributed by atoms with van der Waals surface area (Å²) in [5.74, 6) is -0.853. The van der Waals surface area contributed by atoms with Gasteiger partial charge in [0.15, 0.2) is 0 Å². The molecule has 0 bridgehead atoms. The third kappa shape index (κ3) is 38.1. The largest absolute Gasteiger partial charge is 0.480 e. The molecule has 0 saturated heterocycles. The first-order valence-electron chi connectivity index (χ1n) is 6.69. The van der Waals surface area contributed by atoms with Crippen molar-refractivity contribution >= 4 is 11.9 Å². The number of rotatable bonds is 9. The van der Waals surface area contributed by atoms with Crippen LogP contribution in [0.25, 0.3) is 0 Å². The summed E-state index contributed by atoms with van der Waals surface area (Å²) < 4.78 is 0. The second kappa shape index (κ2) is 23.8. The molecule has 8 N–H and O–H groups in total. The number of amides is 1. The number of carbonyl (C=O) groups is 2. The van der Waals surface area contributed by atoms with Gasteiger partial charge in [0.1, 0.15) is 0 Å². The molecule has 0 saturated carbocycles. The number of nitrogens with two attached hydrogens (primary N) is 1. The molecule has 9 nitrogen and oxygen atoms in total. The molecule has 9 heteroatoms. The van der Waals surface area contributed by atoms with Crippen molar-refractivity contribution in [2.24, 2.45) is 5.73 Å². The predicted molar refractivity (Wildman–Crippen MR) is 81.0 cm³/mol. The Bertz CT molecular complexity index is 228. The predicted octanol–water partition coefficient (Wildman–Crippen LogP) is -2.68. The first-order chi connectivity index (χ1) is 9.99. The Morgan fingerprint density at radius 1 is 1.00 bits per heavy atom. The molecule has 0 rings (SSSR count). The highest BCUT2D eigenvalue weighted by Gasteiger charge is 1.95. The molecule has 0 aliphatic carbocycles. The van der Waals surface area contributed by atoms with Crippen molar-refractivity contribution in [3.63, 3.8) is 0 Å². The summed E-state index contributed by atoms with van der Waals surface area (Å²) in [5.41, 5.74) is 4.98. The highest BCUT2D eigenvalue weighted by atomic mass is 16.4. The molecule has 0 spiro atoms. The van der Waals surface area contributed by atoms with Crippen LogP contribution in [0.3, 0.4) is 0 Å². The van der Waals surface area contributed by atoms with Crippen LogP contribution in [0.15, 0.2) is 0 Å². The van der Waals surface area contributed by atoms with Gasteiger partial charge in [-0.15, -0.1) is 0 Å². The molecule has 0 fully saturated rings. The van der Waals surface area contributed by atoms with Gasteiger partial charge in [0, 0.05) is 19.8 Å². The van der Waals surface area contributed by atoms with E-state index in [4.69, 9.17) is 21.1 Å². The minimum Gasteiger partial charge on any atom is -0.480 e. The minimum atomic E-state index is -0.822. The quantitative estimate of drug-likeness (QED) is 0.227. The average Bonchev–Trinajstić information content (AvgIpc) is 2.41. The highest BCUT2D eigenvalue weighted by molar-refractivity contribution is 5.77. The Hall–Kier alpha value is -1.26. The number of aliphatic hydroxyl groups is 2. The summed E-state index contributed by atoms with van der Waals surface area (Å²) in [6, 6.07) is 0. The molecule has 1 amide bonds. The van der Waals surface area contributed by atoms with Gasteiger partial charge in [0.05, 0.1) is 13.1 Å². The van der Waals surface area contributed by atoms with Crippen LogP contribution < -0.4 is 21.7 Å². The fourth-order valence-electron chi connectivity index (χ4n) is 0.772. The number of nitrogens with one attached hydrogen (secondary N) is 3. The Balaban J connectivity index is -0.000000252. The maximum Gasteiger partial charge on any atom is 0.317 e. The Morgan fingerprint density at radius 2 is 1.52 bits per heavy atom. The van der Waals surface area contributed by atoms with Crippen LogP contribution in [-0.4, -0.2) is 80.7 Å². The molecule has 0 aromatic rings. The van der Waals surface area contributed by atoms with E-state index in [1.807, 2.05) is 0 Å². The highest BCUT2D eigenvalue weighted by Crippen LogP contribution is 1.71. The lowest BCUT2D eigenvalue weighted by Crippen LogP contribution is -2.32. The molecule has 0 radical (unpaired) electrons. The van der Waals surface area contributed by atoms with Gasteiger partial charge < -0.3 is 37.0 Å². The molecule has 0 atom stereocenters. The SMILES string of the molecule is CNCC(=O)NCCCO.CNCC(=O)O.NCCCO. The van der Waals surface area contributed by atoms with Crippen molar-refractivity contribution in [1.82, 2.24) is 16.0 Å². The van der Waals surface area contributed by atoms with E-state index < -0.39 is 5.97 Å². The van der Waals surface area contributed by atoms with Gasteiger partial charge in [0.2, 0.25) is 5.91 Å². The van der Waals surface area contributed by atoms with E-state index in [0.29, 0.717) is 26.1 Å². The number of carboxylic acids is 1. The zero-order valence-corrected chi connectivity index (χ0v) is 12.9. The Kier molecular flexibility index (Phi) is 28.0. The number of likely N-dealkylation sites (N-methyl/N-ethyl adjacent to an activating group) is 2. The van der Waals surface area contributed by atoms with Crippen LogP contribution in [0.2, 0.25) is 0 Å². The smallest absolute Gasteiger partial charge is 0.317 e. The van der Waals surface area contributed by atoms with Crippen molar-refractivity contribution in [2.75, 3.05) is 53.5 Å². The van der Waals surface area contributed by atoms with Crippen LogP contribution in [0.1, 0.15) is 12.8 Å². The number of carboxylic acid groups (broad SMARTS) is 1. The lowest BCUT2D eigenvalue weighted by atomic mass is 10.4. The average molecular weight is 310 g/mol. The number of aliphatic carboxylic acids is 1. The maximum atomic E-state index is 10.7. The summed E-state index contributed by atoms with van der Waals surface area (Å²) >= 11 is 0. The van der Waals surface area contributed by atoms with E-state index in [-0.39, 0.29) is 25.7 Å². The lowest BCUT2D eigenvalue weighted by Gasteiger charge is -2.01. The van der Waals surface area contributed by atoms with E-state index in [9.17, 15) is 9.59 Å². The Morgan fingerprint density at radius 3 is 1.76 bits per heavy atom. The fourth-order valence-corrected chi connectivity index (χ4v) is 0.772. The first-order valence-corrected chi connectivity index (χ1v) is 6.69. The molecule has 128 valence electrons. The summed E-state index contributed by atoms with van der Waals surface area (Å²) in [6.07, 6.45) is 1.34. The zero-order valence-electron chi connectivity index (χ0n) is 12.9. The molecular formula is C12H30N4O5. The maximum absolute atomic E-state index is 10.7. The van der Waals surface area contributed by atoms with Gasteiger partial charge in [-0.25, -0.2) is 0 Å². The van der Waals surface area contributed by atoms with Crippen molar-refractivity contribution in [2.45, 2.75) is 12.8 Å². The Labute approximate surface area is 125 Å². The van der Waals surface area contributed by atoms with Crippen molar-refractivity contribution in [3.05, 3.63) is 0 Å². The van der Waals surface area contributed by atoms with E-state index in [1.54, 1.807) is 14.1 Å². The summed E-state index contributed by atoms with van der Waals surface area (Å²) in [4.78, 5) is 20.2. The second-order valence-corrected chi connectivity index (χ2v) is 3.75. The molecule has 21 heavy (non-hydrogen) atoms. The zero-order chi connectivity index (χ0) is 16.9.